The molecule has 3 N–H and O–H groups in total. The lowest BCUT2D eigenvalue weighted by Crippen LogP contribution is -2.21. The first-order chi connectivity index (χ1) is 8.43. The summed E-state index contributed by atoms with van der Waals surface area (Å²) in [5, 5.41) is 17.3. The molecule has 100 valence electrons. The summed E-state index contributed by atoms with van der Waals surface area (Å²) < 4.78 is 30.1. The second-order valence-corrected chi connectivity index (χ2v) is 5.66. The number of alkyl halides is 1. The molecule has 0 unspecified atom stereocenters. The van der Waals surface area contributed by atoms with Crippen molar-refractivity contribution in [2.45, 2.75) is 6.42 Å². The van der Waals surface area contributed by atoms with Gasteiger partial charge in [0.2, 0.25) is 10.0 Å². The van der Waals surface area contributed by atoms with Crippen molar-refractivity contribution in [1.29, 1.82) is 0 Å². The van der Waals surface area contributed by atoms with E-state index in [1.54, 1.807) is 0 Å². The highest BCUT2D eigenvalue weighted by Crippen LogP contribution is 2.18. The second kappa shape index (κ2) is 6.84. The van der Waals surface area contributed by atoms with E-state index in [1.807, 2.05) is 0 Å². The van der Waals surface area contributed by atoms with E-state index in [0.717, 1.165) is 0 Å². The molecule has 9 heteroatoms. The Morgan fingerprint density at radius 1 is 1.39 bits per heavy atom. The minimum Gasteiger partial charge on any atom is -0.512 e. The third kappa shape index (κ3) is 5.59. The Bertz CT molecular complexity index is 482. The van der Waals surface area contributed by atoms with Gasteiger partial charge in [0, 0.05) is 11.9 Å². The fourth-order valence-corrected chi connectivity index (χ4v) is 2.63. The van der Waals surface area contributed by atoms with E-state index >= 15 is 0 Å². The predicted molar refractivity (Wildman–Crippen MR) is 70.0 cm³/mol. The monoisotopic (exact) mass is 293 g/mol. The van der Waals surface area contributed by atoms with Crippen LogP contribution < -0.4 is 9.38 Å². The SMILES string of the molecule is O=S(=O)(CCCCl)Nc1cccc(OB(O)O)c1. The van der Waals surface area contributed by atoms with Crippen LogP contribution in [0.25, 0.3) is 0 Å². The number of halogens is 1. The Kier molecular flexibility index (Phi) is 5.74. The lowest BCUT2D eigenvalue weighted by Gasteiger charge is -2.09. The largest absolute Gasteiger partial charge is 0.707 e. The summed E-state index contributed by atoms with van der Waals surface area (Å²) >= 11 is 5.43. The predicted octanol–water partition coefficient (Wildman–Crippen LogP) is 0.405. The zero-order valence-electron chi connectivity index (χ0n) is 9.41. The number of hydrogen-bond donors (Lipinski definition) is 3. The molecule has 18 heavy (non-hydrogen) atoms. The highest BCUT2D eigenvalue weighted by Gasteiger charge is 2.13. The normalized spacial score (nSPS) is 11.1. The molecule has 0 fully saturated rings. The van der Waals surface area contributed by atoms with Crippen LogP contribution >= 0.6 is 11.6 Å². The van der Waals surface area contributed by atoms with Gasteiger partial charge in [0.1, 0.15) is 5.75 Å². The molecular weight excluding hydrogens is 280 g/mol. The quantitative estimate of drug-likeness (QED) is 0.500. The van der Waals surface area contributed by atoms with Crippen LogP contribution in [-0.2, 0) is 10.0 Å². The Labute approximate surface area is 111 Å². The highest BCUT2D eigenvalue weighted by molar-refractivity contribution is 7.92. The number of hydrogen-bond acceptors (Lipinski definition) is 5. The van der Waals surface area contributed by atoms with Gasteiger partial charge in [-0.25, -0.2) is 8.42 Å². The minimum atomic E-state index is -3.46. The fourth-order valence-electron chi connectivity index (χ4n) is 1.23. The Balaban J connectivity index is 2.72. The molecule has 0 amide bonds. The van der Waals surface area contributed by atoms with Crippen LogP contribution in [0.5, 0.6) is 5.75 Å². The van der Waals surface area contributed by atoms with Crippen molar-refractivity contribution in [3.05, 3.63) is 24.3 Å². The van der Waals surface area contributed by atoms with E-state index < -0.39 is 17.3 Å². The summed E-state index contributed by atoms with van der Waals surface area (Å²) in [6.45, 7) is 0. The van der Waals surface area contributed by atoms with Gasteiger partial charge in [0.15, 0.2) is 0 Å². The molecule has 1 aromatic rings. The van der Waals surface area contributed by atoms with Crippen molar-refractivity contribution in [2.24, 2.45) is 0 Å². The molecule has 0 aromatic heterocycles. The van der Waals surface area contributed by atoms with Gasteiger partial charge in [-0.2, -0.15) is 0 Å². The summed E-state index contributed by atoms with van der Waals surface area (Å²) in [6, 6.07) is 5.86. The summed E-state index contributed by atoms with van der Waals surface area (Å²) in [6.07, 6.45) is 0.350. The summed E-state index contributed by atoms with van der Waals surface area (Å²) in [7, 11) is -5.41. The van der Waals surface area contributed by atoms with Crippen molar-refractivity contribution in [3.8, 4) is 5.75 Å². The first-order valence-electron chi connectivity index (χ1n) is 5.12. The summed E-state index contributed by atoms with van der Waals surface area (Å²) in [5.41, 5.74) is 0.280. The zero-order chi connectivity index (χ0) is 13.6. The van der Waals surface area contributed by atoms with Crippen molar-refractivity contribution in [2.75, 3.05) is 16.4 Å². The topological polar surface area (TPSA) is 95.9 Å². The lowest BCUT2D eigenvalue weighted by atomic mass is 10.2. The Hall–Kier alpha value is -0.955. The molecule has 0 saturated heterocycles. The Morgan fingerprint density at radius 3 is 2.72 bits per heavy atom. The molecule has 0 spiro atoms. The number of sulfonamides is 1. The molecule has 1 rings (SSSR count). The highest BCUT2D eigenvalue weighted by atomic mass is 35.5. The standard InChI is InChI=1S/C9H13BClNO5S/c11-5-2-6-18(15,16)12-8-3-1-4-9(7-8)17-10(13)14/h1,3-4,7,12-14H,2,5-6H2. The maximum absolute atomic E-state index is 11.6. The van der Waals surface area contributed by atoms with Gasteiger partial charge in [-0.05, 0) is 18.6 Å². The molecule has 0 atom stereocenters. The third-order valence-corrected chi connectivity index (χ3v) is 3.54. The summed E-state index contributed by atoms with van der Waals surface area (Å²) in [5.74, 6) is 0.327. The van der Waals surface area contributed by atoms with Gasteiger partial charge in [-0.3, -0.25) is 4.72 Å². The molecule has 0 bridgehead atoms. The van der Waals surface area contributed by atoms with Crippen molar-refractivity contribution < 1.29 is 23.1 Å². The van der Waals surface area contributed by atoms with Gasteiger partial charge in [0.05, 0.1) is 11.4 Å². The maximum atomic E-state index is 11.6. The van der Waals surface area contributed by atoms with Gasteiger partial charge in [-0.15, -0.1) is 11.6 Å². The van der Waals surface area contributed by atoms with Crippen LogP contribution in [0.4, 0.5) is 5.69 Å². The molecule has 0 aliphatic carbocycles. The average Bonchev–Trinajstić information content (AvgIpc) is 2.25. The van der Waals surface area contributed by atoms with Crippen LogP contribution in [0.3, 0.4) is 0 Å². The molecule has 0 radical (unpaired) electrons. The molecule has 0 heterocycles. The molecule has 6 nitrogen and oxygen atoms in total. The zero-order valence-corrected chi connectivity index (χ0v) is 11.0. The molecule has 0 saturated carbocycles. The van der Waals surface area contributed by atoms with Gasteiger partial charge < -0.3 is 14.7 Å². The molecule has 0 aliphatic rings. The van der Waals surface area contributed by atoms with Crippen LogP contribution in [0.2, 0.25) is 0 Å². The van der Waals surface area contributed by atoms with Gasteiger partial charge >= 0.3 is 7.32 Å². The van der Waals surface area contributed by atoms with Crippen molar-refractivity contribution in [1.82, 2.24) is 0 Å². The van der Waals surface area contributed by atoms with Crippen LogP contribution in [0.15, 0.2) is 24.3 Å². The van der Waals surface area contributed by atoms with Gasteiger partial charge in [0.25, 0.3) is 0 Å². The smallest absolute Gasteiger partial charge is 0.512 e. The number of nitrogens with one attached hydrogen (secondary N) is 1. The maximum Gasteiger partial charge on any atom is 0.707 e. The molecule has 1 aromatic carbocycles. The van der Waals surface area contributed by atoms with Crippen LogP contribution in [0, 0.1) is 0 Å². The number of benzene rings is 1. The van der Waals surface area contributed by atoms with E-state index in [4.69, 9.17) is 21.6 Å². The first-order valence-corrected chi connectivity index (χ1v) is 7.31. The first kappa shape index (κ1) is 15.1. The Morgan fingerprint density at radius 2 is 2.11 bits per heavy atom. The molecule has 0 aliphatic heterocycles. The van der Waals surface area contributed by atoms with E-state index in [2.05, 4.69) is 9.38 Å². The molecular formula is C9H13BClNO5S. The fraction of sp³-hybridized carbons (Fsp3) is 0.333. The summed E-state index contributed by atoms with van der Waals surface area (Å²) in [4.78, 5) is 0. The van der Waals surface area contributed by atoms with E-state index in [0.29, 0.717) is 6.42 Å². The van der Waals surface area contributed by atoms with E-state index in [-0.39, 0.29) is 23.1 Å². The number of anilines is 1. The van der Waals surface area contributed by atoms with E-state index in [9.17, 15) is 8.42 Å². The second-order valence-electron chi connectivity index (χ2n) is 3.44. The van der Waals surface area contributed by atoms with E-state index in [1.165, 1.54) is 24.3 Å². The minimum absolute atomic E-state index is 0.0792. The van der Waals surface area contributed by atoms with Gasteiger partial charge in [-0.1, -0.05) is 6.07 Å². The number of rotatable bonds is 7. The third-order valence-electron chi connectivity index (χ3n) is 1.90. The van der Waals surface area contributed by atoms with Crippen LogP contribution in [0.1, 0.15) is 6.42 Å². The lowest BCUT2D eigenvalue weighted by molar-refractivity contribution is 0.288. The average molecular weight is 294 g/mol. The van der Waals surface area contributed by atoms with Crippen molar-refractivity contribution >= 4 is 34.6 Å². The van der Waals surface area contributed by atoms with Crippen LogP contribution in [-0.4, -0.2) is 37.4 Å². The van der Waals surface area contributed by atoms with Crippen molar-refractivity contribution in [3.63, 3.8) is 0 Å².